The Morgan fingerprint density at radius 2 is 2.00 bits per heavy atom. The highest BCUT2D eigenvalue weighted by Crippen LogP contribution is 2.34. The van der Waals surface area contributed by atoms with Gasteiger partial charge in [-0.15, -0.1) is 0 Å². The summed E-state index contributed by atoms with van der Waals surface area (Å²) in [6.45, 7) is 4.09. The molecule has 1 aromatic carbocycles. The van der Waals surface area contributed by atoms with Crippen molar-refractivity contribution in [2.24, 2.45) is 7.05 Å². The molecular weight excluding hydrogens is 360 g/mol. The van der Waals surface area contributed by atoms with Gasteiger partial charge in [0.2, 0.25) is 0 Å². The minimum absolute atomic E-state index is 0.299. The Bertz CT molecular complexity index is 1190. The van der Waals surface area contributed by atoms with Gasteiger partial charge >= 0.3 is 0 Å². The van der Waals surface area contributed by atoms with Gasteiger partial charge in [-0.25, -0.2) is 9.97 Å². The van der Waals surface area contributed by atoms with E-state index in [1.807, 2.05) is 30.9 Å². The number of hydrogen-bond acceptors (Lipinski definition) is 4. The second-order valence-corrected chi connectivity index (χ2v) is 7.95. The molecule has 2 N–H and O–H groups in total. The minimum atomic E-state index is 0.299. The maximum Gasteiger partial charge on any atom is 0.180 e. The van der Waals surface area contributed by atoms with E-state index in [-0.39, 0.29) is 0 Å². The van der Waals surface area contributed by atoms with E-state index in [0.29, 0.717) is 6.04 Å². The number of aryl methyl sites for hydroxylation is 3. The highest BCUT2D eigenvalue weighted by Gasteiger charge is 2.21. The molecule has 3 heterocycles. The second-order valence-electron chi connectivity index (χ2n) is 7.95. The normalized spacial score (nSPS) is 16.6. The van der Waals surface area contributed by atoms with Crippen LogP contribution in [0.3, 0.4) is 0 Å². The number of H-pyrrole nitrogens is 1. The third-order valence-corrected chi connectivity index (χ3v) is 6.09. The maximum absolute atomic E-state index is 4.77. The number of hydrogen-bond donors (Lipinski definition) is 2. The van der Waals surface area contributed by atoms with Crippen LogP contribution in [-0.2, 0) is 13.5 Å². The third-order valence-electron chi connectivity index (χ3n) is 6.09. The van der Waals surface area contributed by atoms with Crippen LogP contribution in [0.15, 0.2) is 36.5 Å². The number of aromatic amines is 1. The van der Waals surface area contributed by atoms with Crippen LogP contribution in [0.5, 0.6) is 0 Å². The third kappa shape index (κ3) is 3.09. The summed E-state index contributed by atoms with van der Waals surface area (Å²) in [4.78, 5) is 12.8. The number of rotatable bonds is 3. The number of benzene rings is 1. The van der Waals surface area contributed by atoms with Crippen molar-refractivity contribution in [3.63, 3.8) is 0 Å². The van der Waals surface area contributed by atoms with Gasteiger partial charge in [0.15, 0.2) is 5.65 Å². The zero-order chi connectivity index (χ0) is 20.0. The van der Waals surface area contributed by atoms with Crippen molar-refractivity contribution < 1.29 is 0 Å². The van der Waals surface area contributed by atoms with Gasteiger partial charge in [0.1, 0.15) is 11.3 Å². The van der Waals surface area contributed by atoms with Crippen LogP contribution >= 0.6 is 0 Å². The van der Waals surface area contributed by atoms with Gasteiger partial charge in [-0.05, 0) is 50.3 Å². The molecule has 0 radical (unpaired) electrons. The van der Waals surface area contributed by atoms with E-state index in [0.717, 1.165) is 52.5 Å². The largest absolute Gasteiger partial charge is 0.376 e. The molecule has 0 bridgehead atoms. The van der Waals surface area contributed by atoms with E-state index >= 15 is 0 Å². The fourth-order valence-electron chi connectivity index (χ4n) is 4.52. The van der Waals surface area contributed by atoms with Gasteiger partial charge in [0.05, 0.1) is 23.0 Å². The summed E-state index contributed by atoms with van der Waals surface area (Å²) in [6, 6.07) is 11.2. The van der Waals surface area contributed by atoms with Crippen LogP contribution in [-0.4, -0.2) is 24.7 Å². The molecule has 1 atom stereocenters. The van der Waals surface area contributed by atoms with Crippen molar-refractivity contribution in [2.45, 2.75) is 45.6 Å². The van der Waals surface area contributed by atoms with Crippen molar-refractivity contribution in [3.05, 3.63) is 59.0 Å². The number of aromatic nitrogens is 5. The summed E-state index contributed by atoms with van der Waals surface area (Å²) in [5.41, 5.74) is 8.71. The zero-order valence-electron chi connectivity index (χ0n) is 17.2. The number of nitrogens with one attached hydrogen (secondary N) is 2. The van der Waals surface area contributed by atoms with E-state index in [9.17, 15) is 0 Å². The molecule has 4 aromatic rings. The lowest BCUT2D eigenvalue weighted by molar-refractivity contribution is 0.644. The average Bonchev–Trinajstić information content (AvgIpc) is 3.17. The Labute approximate surface area is 170 Å². The molecule has 1 aliphatic carbocycles. The first-order valence-electron chi connectivity index (χ1n) is 10.3. The minimum Gasteiger partial charge on any atom is -0.376 e. The molecule has 6 heteroatoms. The average molecular weight is 387 g/mol. The Hall–Kier alpha value is -3.15. The van der Waals surface area contributed by atoms with E-state index in [2.05, 4.69) is 51.6 Å². The Morgan fingerprint density at radius 1 is 1.14 bits per heavy atom. The number of imidazole rings is 1. The summed E-state index contributed by atoms with van der Waals surface area (Å²) in [5.74, 6) is 0.825. The summed E-state index contributed by atoms with van der Waals surface area (Å²) in [5, 5.41) is 8.32. The van der Waals surface area contributed by atoms with Gasteiger partial charge in [0.25, 0.3) is 0 Å². The summed E-state index contributed by atoms with van der Waals surface area (Å²) < 4.78 is 1.90. The smallest absolute Gasteiger partial charge is 0.180 e. The monoisotopic (exact) mass is 386 g/mol. The summed E-state index contributed by atoms with van der Waals surface area (Å²) in [6.07, 6.45) is 6.59. The zero-order valence-corrected chi connectivity index (χ0v) is 17.2. The molecule has 29 heavy (non-hydrogen) atoms. The maximum atomic E-state index is 4.77. The number of fused-ring (bicyclic) bond motifs is 2. The van der Waals surface area contributed by atoms with E-state index in [1.54, 1.807) is 0 Å². The Balaban J connectivity index is 1.56. The number of pyridine rings is 1. The lowest BCUT2D eigenvalue weighted by Gasteiger charge is -2.20. The molecule has 0 saturated heterocycles. The van der Waals surface area contributed by atoms with Crippen molar-refractivity contribution in [1.82, 2.24) is 24.7 Å². The number of anilines is 1. The predicted octanol–water partition coefficient (Wildman–Crippen LogP) is 4.85. The molecule has 1 unspecified atom stereocenters. The van der Waals surface area contributed by atoms with Gasteiger partial charge < -0.3 is 10.3 Å². The van der Waals surface area contributed by atoms with Crippen LogP contribution in [0.25, 0.3) is 22.6 Å². The van der Waals surface area contributed by atoms with E-state index in [4.69, 9.17) is 4.98 Å². The van der Waals surface area contributed by atoms with Gasteiger partial charge in [-0.2, -0.15) is 5.10 Å². The molecule has 0 spiro atoms. The van der Waals surface area contributed by atoms with Crippen molar-refractivity contribution >= 4 is 16.9 Å². The van der Waals surface area contributed by atoms with Gasteiger partial charge in [-0.1, -0.05) is 30.7 Å². The van der Waals surface area contributed by atoms with Crippen molar-refractivity contribution in [1.29, 1.82) is 0 Å². The molecule has 0 amide bonds. The Morgan fingerprint density at radius 3 is 2.83 bits per heavy atom. The lowest BCUT2D eigenvalue weighted by Crippen LogP contribution is -2.11. The van der Waals surface area contributed by atoms with Gasteiger partial charge in [-0.3, -0.25) is 4.68 Å². The molecule has 6 nitrogen and oxygen atoms in total. The summed E-state index contributed by atoms with van der Waals surface area (Å²) >= 11 is 0. The quantitative estimate of drug-likeness (QED) is 0.494. The van der Waals surface area contributed by atoms with Crippen LogP contribution in [0.1, 0.15) is 47.8 Å². The van der Waals surface area contributed by atoms with Crippen LogP contribution in [0.2, 0.25) is 0 Å². The molecule has 0 fully saturated rings. The topological polar surface area (TPSA) is 71.4 Å². The van der Waals surface area contributed by atoms with Gasteiger partial charge in [0, 0.05) is 18.9 Å². The standard InChI is InChI=1S/C23H26N6/c1-14-20(15(2)29(3)28-14)22-26-21-19(12-13-24-23(21)27-22)25-18-11-7-5-9-16-8-4-6-10-17(16)18/h4,6,8,10,12-13,18H,5,7,9,11H2,1-3H3,(H2,24,25,26,27). The predicted molar refractivity (Wildman–Crippen MR) is 116 cm³/mol. The number of nitrogens with zero attached hydrogens (tertiary/aromatic N) is 4. The molecular formula is C23H26N6. The molecule has 148 valence electrons. The first-order valence-corrected chi connectivity index (χ1v) is 10.3. The highest BCUT2D eigenvalue weighted by molar-refractivity contribution is 5.88. The van der Waals surface area contributed by atoms with Crippen LogP contribution in [0.4, 0.5) is 5.69 Å². The molecule has 0 saturated carbocycles. The molecule has 5 rings (SSSR count). The van der Waals surface area contributed by atoms with E-state index in [1.165, 1.54) is 24.0 Å². The molecule has 1 aliphatic rings. The molecule has 3 aromatic heterocycles. The van der Waals surface area contributed by atoms with E-state index < -0.39 is 0 Å². The SMILES string of the molecule is Cc1nn(C)c(C)c1-c1nc2nccc(NC3CCCCc4ccccc43)c2[nH]1. The lowest BCUT2D eigenvalue weighted by atomic mass is 9.99. The van der Waals surface area contributed by atoms with Crippen LogP contribution in [0, 0.1) is 13.8 Å². The van der Waals surface area contributed by atoms with Crippen molar-refractivity contribution in [3.8, 4) is 11.4 Å². The van der Waals surface area contributed by atoms with Crippen LogP contribution < -0.4 is 5.32 Å². The fraction of sp³-hybridized carbons (Fsp3) is 0.348. The van der Waals surface area contributed by atoms with Crippen molar-refractivity contribution in [2.75, 3.05) is 5.32 Å². The first kappa shape index (κ1) is 17.9. The molecule has 0 aliphatic heterocycles. The Kier molecular flexibility index (Phi) is 4.34. The second kappa shape index (κ2) is 7.03. The fourth-order valence-corrected chi connectivity index (χ4v) is 4.52. The highest BCUT2D eigenvalue weighted by atomic mass is 15.3. The summed E-state index contributed by atoms with van der Waals surface area (Å²) in [7, 11) is 1.96. The first-order chi connectivity index (χ1) is 14.1.